The molecule has 0 N–H and O–H groups in total. The van der Waals surface area contributed by atoms with Crippen LogP contribution in [0.25, 0.3) is 5.57 Å². The topological polar surface area (TPSA) is 16.1 Å². The summed E-state index contributed by atoms with van der Waals surface area (Å²) in [5.74, 6) is -0.0862. The Morgan fingerprint density at radius 1 is 1.53 bits per heavy atom. The molecule has 0 aliphatic carbocycles. The first kappa shape index (κ1) is 10.6. The molecule has 0 fully saturated rings. The first-order valence-electron chi connectivity index (χ1n) is 4.84. The Bertz CT molecular complexity index is 403. The minimum absolute atomic E-state index is 0.0862. The molecule has 1 aromatic heterocycles. The van der Waals surface area contributed by atoms with Gasteiger partial charge in [-0.15, -0.1) is 0 Å². The molecule has 0 unspecified atom stereocenters. The number of hydrogen-bond acceptors (Lipinski definition) is 2. The van der Waals surface area contributed by atoms with Gasteiger partial charge >= 0.3 is 0 Å². The number of rotatable bonds is 1. The molecule has 2 rings (SSSR count). The minimum atomic E-state index is -0.0862. The van der Waals surface area contributed by atoms with Crippen molar-refractivity contribution >= 4 is 17.2 Å². The summed E-state index contributed by atoms with van der Waals surface area (Å²) in [6.07, 6.45) is 3.89. The zero-order valence-corrected chi connectivity index (χ0v) is 9.26. The van der Waals surface area contributed by atoms with Crippen LogP contribution in [0.4, 0.5) is 4.39 Å². The Morgan fingerprint density at radius 2 is 2.33 bits per heavy atom. The first-order valence-corrected chi connectivity index (χ1v) is 5.22. The van der Waals surface area contributed by atoms with E-state index in [2.05, 4.69) is 4.98 Å². The van der Waals surface area contributed by atoms with E-state index in [1.165, 1.54) is 0 Å². The lowest BCUT2D eigenvalue weighted by atomic mass is 10.00. The van der Waals surface area contributed by atoms with Gasteiger partial charge in [-0.25, -0.2) is 4.39 Å². The van der Waals surface area contributed by atoms with E-state index >= 15 is 0 Å². The summed E-state index contributed by atoms with van der Waals surface area (Å²) in [6.45, 7) is 1.23. The summed E-state index contributed by atoms with van der Waals surface area (Å²) in [7, 11) is 1.91. The summed E-state index contributed by atoms with van der Waals surface area (Å²) >= 11 is 5.98. The Hall–Kier alpha value is -0.930. The van der Waals surface area contributed by atoms with Crippen LogP contribution in [-0.2, 0) is 0 Å². The van der Waals surface area contributed by atoms with Crippen LogP contribution in [0.3, 0.4) is 0 Å². The molecule has 0 saturated carbocycles. The van der Waals surface area contributed by atoms with E-state index in [0.29, 0.717) is 18.0 Å². The van der Waals surface area contributed by atoms with Crippen molar-refractivity contribution in [3.63, 3.8) is 0 Å². The SMILES string of the molecule is CN1CCC(c2ccncc2Cl)=C(F)C1. The molecule has 0 aromatic carbocycles. The zero-order chi connectivity index (χ0) is 10.8. The molecule has 0 amide bonds. The molecule has 0 radical (unpaired) electrons. The fourth-order valence-corrected chi connectivity index (χ4v) is 1.98. The van der Waals surface area contributed by atoms with Crippen LogP contribution >= 0.6 is 11.6 Å². The van der Waals surface area contributed by atoms with Crippen molar-refractivity contribution in [2.24, 2.45) is 0 Å². The molecule has 0 saturated heterocycles. The summed E-state index contributed by atoms with van der Waals surface area (Å²) in [6, 6.07) is 1.77. The highest BCUT2D eigenvalue weighted by atomic mass is 35.5. The fourth-order valence-electron chi connectivity index (χ4n) is 1.75. The van der Waals surface area contributed by atoms with Gasteiger partial charge in [0, 0.05) is 24.5 Å². The van der Waals surface area contributed by atoms with Crippen molar-refractivity contribution in [3.05, 3.63) is 34.9 Å². The van der Waals surface area contributed by atoms with Crippen LogP contribution in [0.15, 0.2) is 24.3 Å². The molecule has 2 nitrogen and oxygen atoms in total. The predicted octanol–water partition coefficient (Wildman–Crippen LogP) is 2.75. The number of nitrogens with zero attached hydrogens (tertiary/aromatic N) is 2. The lowest BCUT2D eigenvalue weighted by Crippen LogP contribution is -2.26. The minimum Gasteiger partial charge on any atom is -0.299 e. The summed E-state index contributed by atoms with van der Waals surface area (Å²) < 4.78 is 13.7. The Balaban J connectivity index is 2.39. The van der Waals surface area contributed by atoms with E-state index in [4.69, 9.17) is 11.6 Å². The van der Waals surface area contributed by atoms with Crippen molar-refractivity contribution in [1.29, 1.82) is 0 Å². The average molecular weight is 227 g/mol. The lowest BCUT2D eigenvalue weighted by Gasteiger charge is -2.24. The highest BCUT2D eigenvalue weighted by Gasteiger charge is 2.19. The van der Waals surface area contributed by atoms with Gasteiger partial charge in [0.1, 0.15) is 5.83 Å². The van der Waals surface area contributed by atoms with Crippen molar-refractivity contribution in [2.45, 2.75) is 6.42 Å². The molecule has 15 heavy (non-hydrogen) atoms. The third-order valence-electron chi connectivity index (χ3n) is 2.58. The van der Waals surface area contributed by atoms with E-state index in [1.54, 1.807) is 18.5 Å². The molecule has 4 heteroatoms. The zero-order valence-electron chi connectivity index (χ0n) is 8.50. The lowest BCUT2D eigenvalue weighted by molar-refractivity contribution is 0.327. The number of likely N-dealkylation sites (N-methyl/N-ethyl adjacent to an activating group) is 1. The number of halogens is 2. The Morgan fingerprint density at radius 3 is 3.00 bits per heavy atom. The summed E-state index contributed by atoms with van der Waals surface area (Å²) in [4.78, 5) is 5.84. The van der Waals surface area contributed by atoms with Crippen molar-refractivity contribution in [3.8, 4) is 0 Å². The third-order valence-corrected chi connectivity index (χ3v) is 2.88. The van der Waals surface area contributed by atoms with Gasteiger partial charge in [0.2, 0.25) is 0 Å². The summed E-state index contributed by atoms with van der Waals surface area (Å²) in [5.41, 5.74) is 1.50. The molecule has 0 bridgehead atoms. The molecule has 1 aromatic rings. The second-order valence-corrected chi connectivity index (χ2v) is 4.13. The summed E-state index contributed by atoms with van der Waals surface area (Å²) in [5, 5.41) is 0.521. The van der Waals surface area contributed by atoms with Crippen LogP contribution < -0.4 is 0 Å². The van der Waals surface area contributed by atoms with Crippen LogP contribution in [0.2, 0.25) is 5.02 Å². The smallest absolute Gasteiger partial charge is 0.118 e. The second-order valence-electron chi connectivity index (χ2n) is 3.73. The van der Waals surface area contributed by atoms with Gasteiger partial charge in [-0.2, -0.15) is 0 Å². The van der Waals surface area contributed by atoms with Gasteiger partial charge in [-0.05, 0) is 25.1 Å². The standard InChI is InChI=1S/C11H12ClFN2/c1-15-5-3-9(11(13)7-15)8-2-4-14-6-10(8)12/h2,4,6H,3,5,7H2,1H3. The van der Waals surface area contributed by atoms with E-state index in [1.807, 2.05) is 11.9 Å². The largest absolute Gasteiger partial charge is 0.299 e. The van der Waals surface area contributed by atoms with Crippen molar-refractivity contribution in [2.75, 3.05) is 20.1 Å². The molecule has 2 heterocycles. The van der Waals surface area contributed by atoms with Gasteiger partial charge in [-0.3, -0.25) is 9.88 Å². The molecule has 80 valence electrons. The van der Waals surface area contributed by atoms with Gasteiger partial charge in [0.05, 0.1) is 11.6 Å². The Labute approximate surface area is 93.4 Å². The van der Waals surface area contributed by atoms with Gasteiger partial charge in [0.25, 0.3) is 0 Å². The number of aromatic nitrogens is 1. The highest BCUT2D eigenvalue weighted by Crippen LogP contribution is 2.31. The average Bonchev–Trinajstić information content (AvgIpc) is 2.20. The van der Waals surface area contributed by atoms with Gasteiger partial charge in [0.15, 0.2) is 0 Å². The second kappa shape index (κ2) is 4.29. The van der Waals surface area contributed by atoms with E-state index < -0.39 is 0 Å². The predicted molar refractivity (Wildman–Crippen MR) is 59.4 cm³/mol. The molecule has 1 aliphatic rings. The van der Waals surface area contributed by atoms with E-state index in [-0.39, 0.29) is 5.83 Å². The first-order chi connectivity index (χ1) is 7.18. The third kappa shape index (κ3) is 2.19. The number of hydrogen-bond donors (Lipinski definition) is 0. The number of pyridine rings is 1. The van der Waals surface area contributed by atoms with Crippen LogP contribution in [0.5, 0.6) is 0 Å². The van der Waals surface area contributed by atoms with Gasteiger partial charge in [-0.1, -0.05) is 11.6 Å². The fraction of sp³-hybridized carbons (Fsp3) is 0.364. The molecular weight excluding hydrogens is 215 g/mol. The Kier molecular flexibility index (Phi) is 3.03. The molecule has 0 spiro atoms. The maximum Gasteiger partial charge on any atom is 0.118 e. The van der Waals surface area contributed by atoms with Crippen molar-refractivity contribution in [1.82, 2.24) is 9.88 Å². The maximum absolute atomic E-state index is 13.7. The molecular formula is C11H12ClFN2. The molecule has 1 aliphatic heterocycles. The molecule has 0 atom stereocenters. The van der Waals surface area contributed by atoms with Crippen molar-refractivity contribution < 1.29 is 4.39 Å². The highest BCUT2D eigenvalue weighted by molar-refractivity contribution is 6.32. The van der Waals surface area contributed by atoms with Crippen LogP contribution in [-0.4, -0.2) is 30.0 Å². The van der Waals surface area contributed by atoms with E-state index in [0.717, 1.165) is 17.7 Å². The normalized spacial score (nSPS) is 18.3. The van der Waals surface area contributed by atoms with Gasteiger partial charge < -0.3 is 0 Å². The maximum atomic E-state index is 13.7. The quantitative estimate of drug-likeness (QED) is 0.732. The van der Waals surface area contributed by atoms with E-state index in [9.17, 15) is 4.39 Å². The monoisotopic (exact) mass is 226 g/mol. The van der Waals surface area contributed by atoms with Crippen LogP contribution in [0.1, 0.15) is 12.0 Å². The van der Waals surface area contributed by atoms with Crippen LogP contribution in [0, 0.1) is 0 Å².